The molecule has 114 valence electrons. The van der Waals surface area contributed by atoms with E-state index in [9.17, 15) is 4.79 Å². The number of rotatable bonds is 4. The third-order valence-corrected chi connectivity index (χ3v) is 3.73. The highest BCUT2D eigenvalue weighted by atomic mass is 16.5. The Kier molecular flexibility index (Phi) is 5.16. The van der Waals surface area contributed by atoms with Gasteiger partial charge in [-0.05, 0) is 12.0 Å². The maximum atomic E-state index is 12.4. The van der Waals surface area contributed by atoms with E-state index in [1.54, 1.807) is 12.1 Å². The van der Waals surface area contributed by atoms with E-state index in [1.165, 1.54) is 0 Å². The summed E-state index contributed by atoms with van der Waals surface area (Å²) in [7, 11) is 0. The second-order valence-electron chi connectivity index (χ2n) is 5.08. The van der Waals surface area contributed by atoms with Crippen molar-refractivity contribution in [1.82, 2.24) is 4.90 Å². The number of nitrogens with two attached hydrogens (primary N) is 1. The molecule has 1 saturated heterocycles. The van der Waals surface area contributed by atoms with Crippen molar-refractivity contribution < 1.29 is 14.7 Å². The highest BCUT2D eigenvalue weighted by molar-refractivity contribution is 5.97. The molecule has 1 amide bonds. The average molecular weight is 291 g/mol. The van der Waals surface area contributed by atoms with Crippen LogP contribution in [-0.2, 0) is 16.0 Å². The molecular weight excluding hydrogens is 270 g/mol. The standard InChI is InChI=1S/C15H21N3O3/c1-2-13-10-21-8-7-18(13)14(19)9-11-3-5-12(6-4-11)15(16)17-20/h3-6,13,20H,2,7-10H2,1H3,(H2,16,17). The van der Waals surface area contributed by atoms with E-state index in [0.29, 0.717) is 31.7 Å². The number of amides is 1. The SMILES string of the molecule is CCC1COCCN1C(=O)Cc1ccc(C(N)=NO)cc1. The van der Waals surface area contributed by atoms with Crippen LogP contribution in [0.1, 0.15) is 24.5 Å². The number of benzene rings is 1. The molecule has 0 saturated carbocycles. The van der Waals surface area contributed by atoms with Crippen LogP contribution in [0.15, 0.2) is 29.4 Å². The summed E-state index contributed by atoms with van der Waals surface area (Å²) < 4.78 is 5.41. The van der Waals surface area contributed by atoms with Gasteiger partial charge in [0.15, 0.2) is 5.84 Å². The smallest absolute Gasteiger partial charge is 0.227 e. The van der Waals surface area contributed by atoms with E-state index >= 15 is 0 Å². The van der Waals surface area contributed by atoms with Crippen LogP contribution in [0.4, 0.5) is 0 Å². The quantitative estimate of drug-likeness (QED) is 0.374. The molecule has 1 atom stereocenters. The van der Waals surface area contributed by atoms with Gasteiger partial charge >= 0.3 is 0 Å². The maximum absolute atomic E-state index is 12.4. The number of ether oxygens (including phenoxy) is 1. The molecule has 1 heterocycles. The number of hydrogen-bond acceptors (Lipinski definition) is 4. The zero-order chi connectivity index (χ0) is 15.2. The Morgan fingerprint density at radius 3 is 2.81 bits per heavy atom. The molecule has 0 spiro atoms. The van der Waals surface area contributed by atoms with Gasteiger partial charge in [0.05, 0.1) is 25.7 Å². The summed E-state index contributed by atoms with van der Waals surface area (Å²) in [6.07, 6.45) is 1.25. The largest absolute Gasteiger partial charge is 0.409 e. The molecule has 1 aromatic carbocycles. The molecule has 21 heavy (non-hydrogen) atoms. The fraction of sp³-hybridized carbons (Fsp3) is 0.467. The number of carbonyl (C=O) groups excluding carboxylic acids is 1. The first kappa shape index (κ1) is 15.3. The minimum atomic E-state index is 0.0621. The van der Waals surface area contributed by atoms with Crippen LogP contribution in [0.3, 0.4) is 0 Å². The van der Waals surface area contributed by atoms with Crippen molar-refractivity contribution in [2.75, 3.05) is 19.8 Å². The van der Waals surface area contributed by atoms with Crippen LogP contribution < -0.4 is 5.73 Å². The highest BCUT2D eigenvalue weighted by Gasteiger charge is 2.25. The summed E-state index contributed by atoms with van der Waals surface area (Å²) >= 11 is 0. The number of nitrogens with zero attached hydrogens (tertiary/aromatic N) is 2. The summed E-state index contributed by atoms with van der Waals surface area (Å²) in [6.45, 7) is 3.93. The second-order valence-corrected chi connectivity index (χ2v) is 5.08. The van der Waals surface area contributed by atoms with Crippen LogP contribution >= 0.6 is 0 Å². The van der Waals surface area contributed by atoms with Gasteiger partial charge in [0.2, 0.25) is 5.91 Å². The Morgan fingerprint density at radius 1 is 1.48 bits per heavy atom. The van der Waals surface area contributed by atoms with Gasteiger partial charge in [-0.2, -0.15) is 0 Å². The Bertz CT molecular complexity index is 513. The zero-order valence-corrected chi connectivity index (χ0v) is 12.2. The first-order valence-corrected chi connectivity index (χ1v) is 7.09. The van der Waals surface area contributed by atoms with Gasteiger partial charge in [0.25, 0.3) is 0 Å². The first-order chi connectivity index (χ1) is 10.2. The molecular formula is C15H21N3O3. The van der Waals surface area contributed by atoms with Gasteiger partial charge in [-0.1, -0.05) is 36.3 Å². The summed E-state index contributed by atoms with van der Waals surface area (Å²) in [6, 6.07) is 7.31. The van der Waals surface area contributed by atoms with Crippen molar-refractivity contribution >= 4 is 11.7 Å². The van der Waals surface area contributed by atoms with E-state index in [4.69, 9.17) is 15.7 Å². The van der Waals surface area contributed by atoms with Gasteiger partial charge < -0.3 is 20.6 Å². The van der Waals surface area contributed by atoms with Gasteiger partial charge in [-0.25, -0.2) is 0 Å². The molecule has 6 nitrogen and oxygen atoms in total. The van der Waals surface area contributed by atoms with E-state index < -0.39 is 0 Å². The molecule has 6 heteroatoms. The predicted octanol–water partition coefficient (Wildman–Crippen LogP) is 0.961. The molecule has 1 aliphatic rings. The molecule has 0 radical (unpaired) electrons. The van der Waals surface area contributed by atoms with E-state index in [1.807, 2.05) is 17.0 Å². The molecule has 0 aromatic heterocycles. The molecule has 2 rings (SSSR count). The van der Waals surface area contributed by atoms with E-state index in [-0.39, 0.29) is 17.8 Å². The Labute approximate surface area is 124 Å². The van der Waals surface area contributed by atoms with Gasteiger partial charge in [-0.15, -0.1) is 0 Å². The summed E-state index contributed by atoms with van der Waals surface area (Å²) in [5.74, 6) is 0.175. The van der Waals surface area contributed by atoms with Gasteiger partial charge in [0, 0.05) is 12.1 Å². The normalized spacial score (nSPS) is 19.6. The topological polar surface area (TPSA) is 88.2 Å². The minimum Gasteiger partial charge on any atom is -0.409 e. The van der Waals surface area contributed by atoms with Crippen LogP contribution in [0.25, 0.3) is 0 Å². The Morgan fingerprint density at radius 2 is 2.19 bits per heavy atom. The number of amidine groups is 1. The zero-order valence-electron chi connectivity index (χ0n) is 12.2. The fourth-order valence-electron chi connectivity index (χ4n) is 2.45. The molecule has 3 N–H and O–H groups in total. The first-order valence-electron chi connectivity index (χ1n) is 7.09. The number of carbonyl (C=O) groups is 1. The van der Waals surface area contributed by atoms with E-state index in [2.05, 4.69) is 12.1 Å². The maximum Gasteiger partial charge on any atom is 0.227 e. The van der Waals surface area contributed by atoms with Crippen LogP contribution in [0.5, 0.6) is 0 Å². The Balaban J connectivity index is 2.02. The van der Waals surface area contributed by atoms with Crippen molar-refractivity contribution in [3.05, 3.63) is 35.4 Å². The lowest BCUT2D eigenvalue weighted by molar-refractivity contribution is -0.139. The monoisotopic (exact) mass is 291 g/mol. The number of oxime groups is 1. The van der Waals surface area contributed by atoms with Crippen molar-refractivity contribution in [1.29, 1.82) is 0 Å². The minimum absolute atomic E-state index is 0.0621. The van der Waals surface area contributed by atoms with Crippen molar-refractivity contribution in [2.24, 2.45) is 10.9 Å². The van der Waals surface area contributed by atoms with Gasteiger partial charge in [-0.3, -0.25) is 4.79 Å². The Hall–Kier alpha value is -2.08. The third-order valence-electron chi connectivity index (χ3n) is 3.73. The van der Waals surface area contributed by atoms with Crippen LogP contribution in [0, 0.1) is 0 Å². The molecule has 0 aliphatic carbocycles. The molecule has 0 bridgehead atoms. The number of hydrogen-bond donors (Lipinski definition) is 2. The number of morpholine rings is 1. The third kappa shape index (κ3) is 3.72. The molecule has 1 unspecified atom stereocenters. The van der Waals surface area contributed by atoms with Crippen LogP contribution in [-0.4, -0.2) is 47.7 Å². The van der Waals surface area contributed by atoms with Crippen molar-refractivity contribution in [2.45, 2.75) is 25.8 Å². The second kappa shape index (κ2) is 7.08. The molecule has 1 fully saturated rings. The average Bonchev–Trinajstić information content (AvgIpc) is 2.54. The lowest BCUT2D eigenvalue weighted by Gasteiger charge is -2.35. The molecule has 1 aromatic rings. The van der Waals surface area contributed by atoms with E-state index in [0.717, 1.165) is 12.0 Å². The van der Waals surface area contributed by atoms with Crippen molar-refractivity contribution in [3.8, 4) is 0 Å². The molecule has 1 aliphatic heterocycles. The highest BCUT2D eigenvalue weighted by Crippen LogP contribution is 2.13. The summed E-state index contributed by atoms with van der Waals surface area (Å²) in [5.41, 5.74) is 7.05. The van der Waals surface area contributed by atoms with Crippen LogP contribution in [0.2, 0.25) is 0 Å². The lowest BCUT2D eigenvalue weighted by Crippen LogP contribution is -2.48. The van der Waals surface area contributed by atoms with Gasteiger partial charge in [0.1, 0.15) is 0 Å². The summed E-state index contributed by atoms with van der Waals surface area (Å²) in [5, 5.41) is 11.6. The lowest BCUT2D eigenvalue weighted by atomic mass is 10.1. The van der Waals surface area contributed by atoms with Crippen molar-refractivity contribution in [3.63, 3.8) is 0 Å². The fourth-order valence-corrected chi connectivity index (χ4v) is 2.45. The predicted molar refractivity (Wildman–Crippen MR) is 79.3 cm³/mol. The summed E-state index contributed by atoms with van der Waals surface area (Å²) in [4.78, 5) is 14.3.